The van der Waals surface area contributed by atoms with Crippen molar-refractivity contribution in [3.05, 3.63) is 35.9 Å². The summed E-state index contributed by atoms with van der Waals surface area (Å²) in [7, 11) is 1.58. The highest BCUT2D eigenvalue weighted by Crippen LogP contribution is 2.28. The predicted molar refractivity (Wildman–Crippen MR) is 122 cm³/mol. The Balaban J connectivity index is 1.87. The number of amides is 4. The fourth-order valence-electron chi connectivity index (χ4n) is 4.46. The number of piperazine rings is 1. The number of aliphatic carboxylic acids is 1. The number of carboxylic acids is 1. The molecule has 11 heteroatoms. The van der Waals surface area contributed by atoms with Crippen LogP contribution in [-0.4, -0.2) is 101 Å². The third-order valence-corrected chi connectivity index (χ3v) is 6.10. The van der Waals surface area contributed by atoms with Crippen molar-refractivity contribution in [3.8, 4) is 0 Å². The van der Waals surface area contributed by atoms with E-state index in [-0.39, 0.29) is 43.8 Å². The molecule has 34 heavy (non-hydrogen) atoms. The van der Waals surface area contributed by atoms with Crippen LogP contribution in [-0.2, 0) is 25.7 Å². The maximum absolute atomic E-state index is 13.3. The molecule has 3 rings (SSSR count). The number of nitrogens with zero attached hydrogens (tertiary/aromatic N) is 4. The standard InChI is InChI=1S/C23H33N5O6/c1-3-26-16-20(29)27-18(10-11-21(30)31)22(32)25(12-7-13-34-2)15-19(27)28(26)23(33)24-14-17-8-5-4-6-9-17/h4-6,8-9,18-19H,3,7,10-16H2,1-2H3,(H,24,33)(H,30,31)/t18-,19-/m0/s1. The average molecular weight is 476 g/mol. The zero-order chi connectivity index (χ0) is 24.7. The van der Waals surface area contributed by atoms with E-state index >= 15 is 0 Å². The van der Waals surface area contributed by atoms with Gasteiger partial charge in [-0.3, -0.25) is 14.4 Å². The minimum Gasteiger partial charge on any atom is -0.481 e. The van der Waals surface area contributed by atoms with Crippen molar-refractivity contribution in [2.24, 2.45) is 0 Å². The van der Waals surface area contributed by atoms with Crippen LogP contribution in [0.15, 0.2) is 30.3 Å². The Bertz CT molecular complexity index is 882. The van der Waals surface area contributed by atoms with Crippen LogP contribution in [0.1, 0.15) is 31.7 Å². The van der Waals surface area contributed by atoms with Crippen molar-refractivity contribution in [1.82, 2.24) is 25.1 Å². The van der Waals surface area contributed by atoms with Gasteiger partial charge in [-0.2, -0.15) is 0 Å². The molecule has 2 aliphatic rings. The van der Waals surface area contributed by atoms with E-state index in [1.165, 1.54) is 9.91 Å². The van der Waals surface area contributed by atoms with E-state index in [1.54, 1.807) is 17.0 Å². The second-order valence-electron chi connectivity index (χ2n) is 8.33. The molecule has 0 aromatic heterocycles. The fraction of sp³-hybridized carbons (Fsp3) is 0.565. The van der Waals surface area contributed by atoms with Crippen LogP contribution < -0.4 is 5.32 Å². The molecule has 0 unspecified atom stereocenters. The van der Waals surface area contributed by atoms with Gasteiger partial charge in [0.05, 0.1) is 13.1 Å². The van der Waals surface area contributed by atoms with E-state index in [0.717, 1.165) is 5.56 Å². The van der Waals surface area contributed by atoms with Gasteiger partial charge < -0.3 is 25.0 Å². The van der Waals surface area contributed by atoms with E-state index in [2.05, 4.69) is 5.32 Å². The van der Waals surface area contributed by atoms with Gasteiger partial charge in [0.15, 0.2) is 0 Å². The zero-order valence-electron chi connectivity index (χ0n) is 19.7. The number of likely N-dealkylation sites (N-methyl/N-ethyl adjacent to an activating group) is 1. The van der Waals surface area contributed by atoms with E-state index < -0.39 is 18.2 Å². The third kappa shape index (κ3) is 5.84. The van der Waals surface area contributed by atoms with Gasteiger partial charge in [-0.05, 0) is 18.4 Å². The van der Waals surface area contributed by atoms with Crippen LogP contribution in [0.3, 0.4) is 0 Å². The number of hydrogen-bond acceptors (Lipinski definition) is 6. The lowest BCUT2D eigenvalue weighted by atomic mass is 10.0. The molecule has 2 heterocycles. The number of carboxylic acid groups (broad SMARTS) is 1. The number of nitrogens with one attached hydrogen (secondary N) is 1. The van der Waals surface area contributed by atoms with E-state index in [1.807, 2.05) is 37.3 Å². The highest BCUT2D eigenvalue weighted by atomic mass is 16.5. The molecule has 0 radical (unpaired) electrons. The van der Waals surface area contributed by atoms with E-state index in [0.29, 0.717) is 32.7 Å². The summed E-state index contributed by atoms with van der Waals surface area (Å²) < 4.78 is 5.10. The largest absolute Gasteiger partial charge is 0.481 e. The summed E-state index contributed by atoms with van der Waals surface area (Å²) in [6, 6.07) is 8.17. The van der Waals surface area contributed by atoms with Gasteiger partial charge in [0.25, 0.3) is 0 Å². The van der Waals surface area contributed by atoms with Gasteiger partial charge in [0.2, 0.25) is 11.8 Å². The first kappa shape index (κ1) is 25.4. The smallest absolute Gasteiger partial charge is 0.334 e. The molecule has 2 atom stereocenters. The number of methoxy groups -OCH3 is 1. The molecule has 2 fully saturated rings. The first-order chi connectivity index (χ1) is 16.4. The number of fused-ring (bicyclic) bond motifs is 1. The summed E-state index contributed by atoms with van der Waals surface area (Å²) in [4.78, 5) is 53.9. The second-order valence-corrected chi connectivity index (χ2v) is 8.33. The molecule has 4 amide bonds. The molecule has 186 valence electrons. The van der Waals surface area contributed by atoms with Crippen molar-refractivity contribution >= 4 is 23.8 Å². The summed E-state index contributed by atoms with van der Waals surface area (Å²) in [5.74, 6) is -1.63. The van der Waals surface area contributed by atoms with Crippen molar-refractivity contribution in [2.75, 3.05) is 39.9 Å². The van der Waals surface area contributed by atoms with Gasteiger partial charge in [-0.1, -0.05) is 37.3 Å². The molecule has 0 spiro atoms. The highest BCUT2D eigenvalue weighted by molar-refractivity contribution is 5.91. The van der Waals surface area contributed by atoms with Crippen LogP contribution in [0.5, 0.6) is 0 Å². The number of urea groups is 1. The minimum absolute atomic E-state index is 0.0111. The SMILES string of the molecule is CCN1CC(=O)N2[C@@H](CCC(=O)O)C(=O)N(CCCOC)C[C@@H]2N1C(=O)NCc1ccccc1. The molecule has 1 aromatic rings. The van der Waals surface area contributed by atoms with Gasteiger partial charge in [-0.15, -0.1) is 0 Å². The molecule has 2 N–H and O–H groups in total. The van der Waals surface area contributed by atoms with Crippen LogP contribution in [0, 0.1) is 0 Å². The lowest BCUT2D eigenvalue weighted by molar-refractivity contribution is -0.190. The molecule has 0 saturated carbocycles. The number of carbonyl (C=O) groups excluding carboxylic acids is 3. The lowest BCUT2D eigenvalue weighted by Gasteiger charge is -2.55. The Morgan fingerprint density at radius 3 is 2.59 bits per heavy atom. The molecule has 1 aromatic carbocycles. The van der Waals surface area contributed by atoms with Gasteiger partial charge in [-0.25, -0.2) is 14.8 Å². The van der Waals surface area contributed by atoms with Gasteiger partial charge in [0.1, 0.15) is 12.2 Å². The van der Waals surface area contributed by atoms with Crippen LogP contribution in [0.4, 0.5) is 4.79 Å². The Labute approximate surface area is 199 Å². The summed E-state index contributed by atoms with van der Waals surface area (Å²) in [5, 5.41) is 15.3. The third-order valence-electron chi connectivity index (χ3n) is 6.10. The minimum atomic E-state index is -1.04. The van der Waals surface area contributed by atoms with Crippen molar-refractivity contribution in [1.29, 1.82) is 0 Å². The zero-order valence-corrected chi connectivity index (χ0v) is 19.7. The second kappa shape index (κ2) is 11.8. The number of carbonyl (C=O) groups is 4. The van der Waals surface area contributed by atoms with E-state index in [9.17, 15) is 24.3 Å². The number of rotatable bonds is 10. The predicted octanol–water partition coefficient (Wildman–Crippen LogP) is 0.716. The molecule has 2 aliphatic heterocycles. The normalized spacial score (nSPS) is 20.9. The van der Waals surface area contributed by atoms with Crippen LogP contribution in [0.25, 0.3) is 0 Å². The maximum atomic E-state index is 13.3. The Morgan fingerprint density at radius 2 is 1.94 bits per heavy atom. The highest BCUT2D eigenvalue weighted by Gasteiger charge is 2.50. The summed E-state index contributed by atoms with van der Waals surface area (Å²) in [6.45, 7) is 3.52. The molecular formula is C23H33N5O6. The molecule has 2 saturated heterocycles. The van der Waals surface area contributed by atoms with Gasteiger partial charge >= 0.3 is 12.0 Å². The first-order valence-corrected chi connectivity index (χ1v) is 11.5. The number of hydrazine groups is 1. The summed E-state index contributed by atoms with van der Waals surface area (Å²) >= 11 is 0. The molecule has 11 nitrogen and oxygen atoms in total. The molecular weight excluding hydrogens is 442 g/mol. The molecule has 0 bridgehead atoms. The Kier molecular flexibility index (Phi) is 8.83. The van der Waals surface area contributed by atoms with Gasteiger partial charge in [0, 0.05) is 39.8 Å². The quantitative estimate of drug-likeness (QED) is 0.478. The van der Waals surface area contributed by atoms with Crippen molar-refractivity contribution in [2.45, 2.75) is 44.9 Å². The maximum Gasteiger partial charge on any atom is 0.334 e. The molecule has 0 aliphatic carbocycles. The summed E-state index contributed by atoms with van der Waals surface area (Å²) in [6.07, 6.45) is -0.401. The Morgan fingerprint density at radius 1 is 1.21 bits per heavy atom. The number of benzene rings is 1. The first-order valence-electron chi connectivity index (χ1n) is 11.5. The topological polar surface area (TPSA) is 123 Å². The fourth-order valence-corrected chi connectivity index (χ4v) is 4.46. The number of ether oxygens (including phenoxy) is 1. The number of hydrogen-bond donors (Lipinski definition) is 2. The van der Waals surface area contributed by atoms with Crippen LogP contribution in [0.2, 0.25) is 0 Å². The van der Waals surface area contributed by atoms with E-state index in [4.69, 9.17) is 4.74 Å². The van der Waals surface area contributed by atoms with Crippen LogP contribution >= 0.6 is 0 Å². The monoisotopic (exact) mass is 475 g/mol. The van der Waals surface area contributed by atoms with Crippen molar-refractivity contribution < 1.29 is 29.0 Å². The van der Waals surface area contributed by atoms with Crippen molar-refractivity contribution in [3.63, 3.8) is 0 Å². The Hall–Kier alpha value is -3.18. The average Bonchev–Trinajstić information content (AvgIpc) is 2.83. The lowest BCUT2D eigenvalue weighted by Crippen LogP contribution is -2.76. The summed E-state index contributed by atoms with van der Waals surface area (Å²) in [5.41, 5.74) is 0.934.